The topological polar surface area (TPSA) is 87.1 Å². The van der Waals surface area contributed by atoms with Crippen molar-refractivity contribution in [3.63, 3.8) is 0 Å². The molecule has 0 bridgehead atoms. The van der Waals surface area contributed by atoms with Gasteiger partial charge >= 0.3 is 0 Å². The summed E-state index contributed by atoms with van der Waals surface area (Å²) in [6.45, 7) is 5.94. The Morgan fingerprint density at radius 2 is 1.65 bits per heavy atom. The molecule has 1 saturated heterocycles. The summed E-state index contributed by atoms with van der Waals surface area (Å²) in [5.41, 5.74) is 0.417. The van der Waals surface area contributed by atoms with Crippen molar-refractivity contribution in [2.24, 2.45) is 0 Å². The number of piperazine rings is 1. The van der Waals surface area contributed by atoms with Crippen molar-refractivity contribution >= 4 is 17.8 Å². The van der Waals surface area contributed by atoms with E-state index in [2.05, 4.69) is 42.0 Å². The van der Waals surface area contributed by atoms with Gasteiger partial charge in [-0.15, -0.1) is 0 Å². The normalized spacial score (nSPS) is 14.3. The Kier molecular flexibility index (Phi) is 6.29. The predicted molar refractivity (Wildman–Crippen MR) is 100 cm³/mol. The summed E-state index contributed by atoms with van der Waals surface area (Å²) in [6, 6.07) is 3.47. The standard InChI is InChI=1S/C18H25N7O/c1-2-3-4-7-19-16(26)15-6-10-22-18(23-15)25-13-11-24(12-14-25)17-20-8-5-9-21-17/h5-6,8-10H,2-4,7,11-14H2,1H3,(H,19,26). The highest BCUT2D eigenvalue weighted by Gasteiger charge is 2.21. The van der Waals surface area contributed by atoms with Crippen molar-refractivity contribution in [3.8, 4) is 0 Å². The van der Waals surface area contributed by atoms with E-state index in [1.54, 1.807) is 24.7 Å². The van der Waals surface area contributed by atoms with Gasteiger partial charge in [0.15, 0.2) is 0 Å². The molecule has 0 atom stereocenters. The molecule has 8 heteroatoms. The van der Waals surface area contributed by atoms with Crippen LogP contribution in [0.1, 0.15) is 36.7 Å². The monoisotopic (exact) mass is 355 g/mol. The molecule has 1 N–H and O–H groups in total. The molecule has 1 aliphatic rings. The number of amides is 1. The van der Waals surface area contributed by atoms with E-state index in [1.165, 1.54) is 0 Å². The van der Waals surface area contributed by atoms with Gasteiger partial charge in [-0.2, -0.15) is 0 Å². The molecular formula is C18H25N7O. The van der Waals surface area contributed by atoms with Crippen LogP contribution in [0.15, 0.2) is 30.7 Å². The molecule has 3 rings (SSSR count). The van der Waals surface area contributed by atoms with Crippen molar-refractivity contribution in [3.05, 3.63) is 36.4 Å². The Balaban J connectivity index is 1.56. The smallest absolute Gasteiger partial charge is 0.270 e. The van der Waals surface area contributed by atoms with E-state index < -0.39 is 0 Å². The largest absolute Gasteiger partial charge is 0.351 e. The summed E-state index contributed by atoms with van der Waals surface area (Å²) in [5, 5.41) is 2.92. The van der Waals surface area contributed by atoms with Gasteiger partial charge < -0.3 is 15.1 Å². The van der Waals surface area contributed by atoms with Gasteiger partial charge in [-0.3, -0.25) is 4.79 Å². The predicted octanol–water partition coefficient (Wildman–Crippen LogP) is 1.51. The molecule has 2 aromatic rings. The number of anilines is 2. The number of nitrogens with zero attached hydrogens (tertiary/aromatic N) is 6. The summed E-state index contributed by atoms with van der Waals surface area (Å²) in [5.74, 6) is 1.20. The van der Waals surface area contributed by atoms with Crippen molar-refractivity contribution in [2.45, 2.75) is 26.2 Å². The Morgan fingerprint density at radius 3 is 2.35 bits per heavy atom. The highest BCUT2D eigenvalue weighted by Crippen LogP contribution is 2.14. The van der Waals surface area contributed by atoms with Crippen LogP contribution in [0.3, 0.4) is 0 Å². The first-order valence-electron chi connectivity index (χ1n) is 9.16. The van der Waals surface area contributed by atoms with Gasteiger partial charge in [0.05, 0.1) is 0 Å². The SMILES string of the molecule is CCCCCNC(=O)c1ccnc(N2CCN(c3ncccn3)CC2)n1. The molecule has 0 spiro atoms. The lowest BCUT2D eigenvalue weighted by molar-refractivity contribution is 0.0948. The average molecular weight is 355 g/mol. The number of hydrogen-bond acceptors (Lipinski definition) is 7. The summed E-state index contributed by atoms with van der Waals surface area (Å²) in [7, 11) is 0. The van der Waals surface area contributed by atoms with Crippen molar-refractivity contribution in [1.82, 2.24) is 25.3 Å². The molecule has 1 aliphatic heterocycles. The quantitative estimate of drug-likeness (QED) is 0.753. The lowest BCUT2D eigenvalue weighted by atomic mass is 10.2. The van der Waals surface area contributed by atoms with E-state index in [4.69, 9.17) is 0 Å². The lowest BCUT2D eigenvalue weighted by Crippen LogP contribution is -2.47. The molecule has 3 heterocycles. The van der Waals surface area contributed by atoms with Crippen LogP contribution >= 0.6 is 0 Å². The fourth-order valence-corrected chi connectivity index (χ4v) is 2.86. The van der Waals surface area contributed by atoms with E-state index in [0.717, 1.165) is 51.4 Å². The fraction of sp³-hybridized carbons (Fsp3) is 0.500. The third-order valence-electron chi connectivity index (χ3n) is 4.34. The Bertz CT molecular complexity index is 702. The lowest BCUT2D eigenvalue weighted by Gasteiger charge is -2.34. The van der Waals surface area contributed by atoms with Crippen LogP contribution in [0, 0.1) is 0 Å². The third kappa shape index (κ3) is 4.65. The van der Waals surface area contributed by atoms with Gasteiger partial charge in [0.1, 0.15) is 5.69 Å². The van der Waals surface area contributed by atoms with Gasteiger partial charge in [-0.1, -0.05) is 19.8 Å². The number of carbonyl (C=O) groups excluding carboxylic acids is 1. The van der Waals surface area contributed by atoms with E-state index in [9.17, 15) is 4.79 Å². The second kappa shape index (κ2) is 9.07. The summed E-state index contributed by atoms with van der Waals surface area (Å²) < 4.78 is 0. The van der Waals surface area contributed by atoms with Crippen LogP contribution in [-0.4, -0.2) is 58.6 Å². The molecule has 0 radical (unpaired) electrons. The molecule has 0 unspecified atom stereocenters. The number of nitrogens with one attached hydrogen (secondary N) is 1. The molecule has 8 nitrogen and oxygen atoms in total. The summed E-state index contributed by atoms with van der Waals surface area (Å²) >= 11 is 0. The zero-order chi connectivity index (χ0) is 18.2. The van der Waals surface area contributed by atoms with Crippen LogP contribution in [0.25, 0.3) is 0 Å². The minimum absolute atomic E-state index is 0.138. The Hall–Kier alpha value is -2.77. The highest BCUT2D eigenvalue weighted by atomic mass is 16.1. The first-order valence-corrected chi connectivity index (χ1v) is 9.16. The number of rotatable bonds is 7. The van der Waals surface area contributed by atoms with Gasteiger partial charge in [0.25, 0.3) is 5.91 Å². The van der Waals surface area contributed by atoms with Gasteiger partial charge in [-0.05, 0) is 18.6 Å². The van der Waals surface area contributed by atoms with E-state index in [1.807, 2.05) is 6.07 Å². The maximum absolute atomic E-state index is 12.2. The van der Waals surface area contributed by atoms with E-state index in [-0.39, 0.29) is 5.91 Å². The number of carbonyl (C=O) groups is 1. The zero-order valence-corrected chi connectivity index (χ0v) is 15.1. The van der Waals surface area contributed by atoms with Crippen molar-refractivity contribution in [2.75, 3.05) is 42.5 Å². The average Bonchev–Trinajstić information content (AvgIpc) is 2.72. The number of aromatic nitrogens is 4. The fourth-order valence-electron chi connectivity index (χ4n) is 2.86. The first kappa shape index (κ1) is 18.0. The molecule has 1 amide bonds. The second-order valence-corrected chi connectivity index (χ2v) is 6.23. The van der Waals surface area contributed by atoms with Crippen LogP contribution in [0.2, 0.25) is 0 Å². The minimum Gasteiger partial charge on any atom is -0.351 e. The third-order valence-corrected chi connectivity index (χ3v) is 4.34. The van der Waals surface area contributed by atoms with E-state index in [0.29, 0.717) is 18.2 Å². The van der Waals surface area contributed by atoms with Crippen LogP contribution in [0.5, 0.6) is 0 Å². The highest BCUT2D eigenvalue weighted by molar-refractivity contribution is 5.92. The Morgan fingerprint density at radius 1 is 1.00 bits per heavy atom. The minimum atomic E-state index is -0.138. The maximum Gasteiger partial charge on any atom is 0.270 e. The molecule has 1 fully saturated rings. The summed E-state index contributed by atoms with van der Waals surface area (Å²) in [6.07, 6.45) is 8.39. The Labute approximate surface area is 153 Å². The maximum atomic E-state index is 12.2. The molecule has 0 aromatic carbocycles. The van der Waals surface area contributed by atoms with Crippen LogP contribution < -0.4 is 15.1 Å². The molecule has 0 aliphatic carbocycles. The zero-order valence-electron chi connectivity index (χ0n) is 15.1. The van der Waals surface area contributed by atoms with Gasteiger partial charge in [-0.25, -0.2) is 19.9 Å². The molecule has 26 heavy (non-hydrogen) atoms. The second-order valence-electron chi connectivity index (χ2n) is 6.23. The van der Waals surface area contributed by atoms with Crippen LogP contribution in [0.4, 0.5) is 11.9 Å². The summed E-state index contributed by atoms with van der Waals surface area (Å²) in [4.78, 5) is 33.8. The molecule has 0 saturated carbocycles. The van der Waals surface area contributed by atoms with Crippen LogP contribution in [-0.2, 0) is 0 Å². The molecule has 2 aromatic heterocycles. The number of hydrogen-bond donors (Lipinski definition) is 1. The number of unbranched alkanes of at least 4 members (excludes halogenated alkanes) is 2. The van der Waals surface area contributed by atoms with E-state index >= 15 is 0 Å². The van der Waals surface area contributed by atoms with Gasteiger partial charge in [0.2, 0.25) is 11.9 Å². The molecular weight excluding hydrogens is 330 g/mol. The molecule has 138 valence electrons. The first-order chi connectivity index (χ1) is 12.8. The van der Waals surface area contributed by atoms with Gasteiger partial charge in [0, 0.05) is 51.3 Å². The van der Waals surface area contributed by atoms with Crippen molar-refractivity contribution < 1.29 is 4.79 Å². The van der Waals surface area contributed by atoms with Crippen molar-refractivity contribution in [1.29, 1.82) is 0 Å².